The summed E-state index contributed by atoms with van der Waals surface area (Å²) in [5, 5.41) is 0. The van der Waals surface area contributed by atoms with Gasteiger partial charge in [0.15, 0.2) is 0 Å². The Hall–Kier alpha value is -0.570. The maximum atomic E-state index is 12.5. The minimum atomic E-state index is 0.333. The van der Waals surface area contributed by atoms with Crippen LogP contribution in [0, 0.1) is 17.8 Å². The van der Waals surface area contributed by atoms with Gasteiger partial charge in [-0.25, -0.2) is 0 Å². The van der Waals surface area contributed by atoms with Crippen LogP contribution in [-0.4, -0.2) is 47.9 Å². The smallest absolute Gasteiger partial charge is 0.225 e. The van der Waals surface area contributed by atoms with Crippen molar-refractivity contribution in [1.82, 2.24) is 9.80 Å². The van der Waals surface area contributed by atoms with Crippen molar-refractivity contribution >= 4 is 5.91 Å². The Kier molecular flexibility index (Phi) is 4.88. The third-order valence-corrected chi connectivity index (χ3v) is 6.12. The molecular weight excluding hydrogens is 260 g/mol. The second kappa shape index (κ2) is 6.68. The molecule has 1 amide bonds. The first-order valence-electron chi connectivity index (χ1n) is 9.18. The lowest BCUT2D eigenvalue weighted by atomic mass is 9.81. The van der Waals surface area contributed by atoms with E-state index in [0.717, 1.165) is 43.8 Å². The van der Waals surface area contributed by atoms with Gasteiger partial charge in [0.05, 0.1) is 0 Å². The van der Waals surface area contributed by atoms with E-state index >= 15 is 0 Å². The Bertz CT molecular complexity index is 348. The number of rotatable bonds is 3. The molecule has 2 saturated heterocycles. The summed E-state index contributed by atoms with van der Waals surface area (Å²) in [6.45, 7) is 9.18. The Morgan fingerprint density at radius 2 is 1.57 bits per heavy atom. The number of carbonyl (C=O) groups excluding carboxylic acids is 1. The first-order valence-corrected chi connectivity index (χ1v) is 9.18. The van der Waals surface area contributed by atoms with E-state index in [9.17, 15) is 4.79 Å². The highest BCUT2D eigenvalue weighted by molar-refractivity contribution is 5.79. The van der Waals surface area contributed by atoms with Crippen LogP contribution in [0.4, 0.5) is 0 Å². The number of likely N-dealkylation sites (tertiary alicyclic amines) is 2. The Morgan fingerprint density at radius 1 is 0.952 bits per heavy atom. The van der Waals surface area contributed by atoms with E-state index in [1.165, 1.54) is 45.2 Å². The summed E-state index contributed by atoms with van der Waals surface area (Å²) in [6.07, 6.45) is 8.92. The molecule has 0 aromatic rings. The number of amides is 1. The van der Waals surface area contributed by atoms with Crippen LogP contribution in [0.2, 0.25) is 0 Å². The summed E-state index contributed by atoms with van der Waals surface area (Å²) in [4.78, 5) is 17.4. The minimum Gasteiger partial charge on any atom is -0.342 e. The average molecular weight is 292 g/mol. The van der Waals surface area contributed by atoms with Crippen molar-refractivity contribution in [2.75, 3.05) is 26.2 Å². The van der Waals surface area contributed by atoms with Gasteiger partial charge in [-0.15, -0.1) is 0 Å². The van der Waals surface area contributed by atoms with E-state index in [1.807, 2.05) is 0 Å². The van der Waals surface area contributed by atoms with Gasteiger partial charge in [0.1, 0.15) is 0 Å². The normalized spacial score (nSPS) is 32.2. The standard InChI is InChI=1S/C18H32N2O/c1-14(2)16-12-20(13-16)18(21)15-6-8-17(9-7-15)19-10-4-3-5-11-19/h14-17H,3-13H2,1-2H3. The van der Waals surface area contributed by atoms with Gasteiger partial charge in [0.2, 0.25) is 5.91 Å². The third-order valence-electron chi connectivity index (χ3n) is 6.12. The van der Waals surface area contributed by atoms with Crippen molar-refractivity contribution in [1.29, 1.82) is 0 Å². The largest absolute Gasteiger partial charge is 0.342 e. The number of nitrogens with zero attached hydrogens (tertiary/aromatic N) is 2. The third kappa shape index (κ3) is 3.44. The van der Waals surface area contributed by atoms with E-state index < -0.39 is 0 Å². The fourth-order valence-corrected chi connectivity index (χ4v) is 4.34. The molecule has 0 spiro atoms. The van der Waals surface area contributed by atoms with Crippen molar-refractivity contribution in [3.63, 3.8) is 0 Å². The number of piperidine rings is 1. The predicted molar refractivity (Wildman–Crippen MR) is 86.1 cm³/mol. The van der Waals surface area contributed by atoms with Gasteiger partial charge in [0.25, 0.3) is 0 Å². The predicted octanol–water partition coefficient (Wildman–Crippen LogP) is 3.15. The lowest BCUT2D eigenvalue weighted by molar-refractivity contribution is -0.144. The molecule has 3 nitrogen and oxygen atoms in total. The van der Waals surface area contributed by atoms with Crippen LogP contribution in [0.5, 0.6) is 0 Å². The van der Waals surface area contributed by atoms with Gasteiger partial charge >= 0.3 is 0 Å². The molecule has 0 radical (unpaired) electrons. The molecule has 0 aromatic heterocycles. The van der Waals surface area contributed by atoms with Crippen molar-refractivity contribution < 1.29 is 4.79 Å². The molecule has 120 valence electrons. The summed E-state index contributed by atoms with van der Waals surface area (Å²) in [6, 6.07) is 0.772. The fraction of sp³-hybridized carbons (Fsp3) is 0.944. The van der Waals surface area contributed by atoms with Crippen LogP contribution in [0.15, 0.2) is 0 Å². The van der Waals surface area contributed by atoms with Crippen LogP contribution in [0.25, 0.3) is 0 Å². The van der Waals surface area contributed by atoms with Crippen molar-refractivity contribution in [2.45, 2.75) is 64.8 Å². The summed E-state index contributed by atoms with van der Waals surface area (Å²) in [7, 11) is 0. The van der Waals surface area contributed by atoms with Crippen LogP contribution in [0.1, 0.15) is 58.8 Å². The van der Waals surface area contributed by atoms with Crippen LogP contribution < -0.4 is 0 Å². The molecule has 0 bridgehead atoms. The molecule has 1 aliphatic carbocycles. The number of hydrogen-bond donors (Lipinski definition) is 0. The van der Waals surface area contributed by atoms with Gasteiger partial charge in [-0.05, 0) is 63.5 Å². The summed E-state index contributed by atoms with van der Waals surface area (Å²) in [5.41, 5.74) is 0. The van der Waals surface area contributed by atoms with E-state index in [-0.39, 0.29) is 0 Å². The highest BCUT2D eigenvalue weighted by Crippen LogP contribution is 2.33. The van der Waals surface area contributed by atoms with E-state index in [1.54, 1.807) is 0 Å². The summed E-state index contributed by atoms with van der Waals surface area (Å²) >= 11 is 0. The van der Waals surface area contributed by atoms with E-state index in [4.69, 9.17) is 0 Å². The maximum Gasteiger partial charge on any atom is 0.225 e. The monoisotopic (exact) mass is 292 g/mol. The molecule has 3 heteroatoms. The summed E-state index contributed by atoms with van der Waals surface area (Å²) < 4.78 is 0. The van der Waals surface area contributed by atoms with Gasteiger partial charge in [-0.3, -0.25) is 4.79 Å². The van der Waals surface area contributed by atoms with Gasteiger partial charge in [-0.1, -0.05) is 20.3 Å². The minimum absolute atomic E-state index is 0.333. The molecule has 3 rings (SSSR count). The second-order valence-electron chi connectivity index (χ2n) is 7.85. The highest BCUT2D eigenvalue weighted by atomic mass is 16.2. The molecule has 3 fully saturated rings. The molecule has 2 heterocycles. The molecule has 0 unspecified atom stereocenters. The number of carbonyl (C=O) groups is 1. The summed E-state index contributed by atoms with van der Waals surface area (Å²) in [5.74, 6) is 2.27. The van der Waals surface area contributed by atoms with Gasteiger partial charge in [-0.2, -0.15) is 0 Å². The zero-order valence-corrected chi connectivity index (χ0v) is 13.9. The zero-order valence-electron chi connectivity index (χ0n) is 13.9. The Labute approximate surface area is 130 Å². The molecular formula is C18H32N2O. The zero-order chi connectivity index (χ0) is 14.8. The number of hydrogen-bond acceptors (Lipinski definition) is 2. The lowest BCUT2D eigenvalue weighted by Crippen LogP contribution is -2.54. The lowest BCUT2D eigenvalue weighted by Gasteiger charge is -2.45. The second-order valence-corrected chi connectivity index (χ2v) is 7.85. The molecule has 3 aliphatic rings. The molecule has 0 aromatic carbocycles. The molecule has 1 saturated carbocycles. The van der Waals surface area contributed by atoms with Crippen molar-refractivity contribution in [3.8, 4) is 0 Å². The molecule has 0 N–H and O–H groups in total. The first kappa shape index (κ1) is 15.3. The quantitative estimate of drug-likeness (QED) is 0.798. The maximum absolute atomic E-state index is 12.5. The molecule has 0 atom stereocenters. The van der Waals surface area contributed by atoms with Gasteiger partial charge < -0.3 is 9.80 Å². The van der Waals surface area contributed by atoms with E-state index in [0.29, 0.717) is 11.8 Å². The fourth-order valence-electron chi connectivity index (χ4n) is 4.34. The molecule has 2 aliphatic heterocycles. The average Bonchev–Trinajstić information content (AvgIpc) is 2.46. The van der Waals surface area contributed by atoms with Crippen LogP contribution in [-0.2, 0) is 4.79 Å². The Balaban J connectivity index is 1.42. The SMILES string of the molecule is CC(C)C1CN(C(=O)C2CCC(N3CCCCC3)CC2)C1. The highest BCUT2D eigenvalue weighted by Gasteiger charge is 2.37. The Morgan fingerprint density at radius 3 is 2.14 bits per heavy atom. The topological polar surface area (TPSA) is 23.6 Å². The van der Waals surface area contributed by atoms with Crippen molar-refractivity contribution in [2.24, 2.45) is 17.8 Å². The first-order chi connectivity index (χ1) is 10.1. The van der Waals surface area contributed by atoms with E-state index in [2.05, 4.69) is 23.6 Å². The van der Waals surface area contributed by atoms with Crippen LogP contribution in [0.3, 0.4) is 0 Å². The van der Waals surface area contributed by atoms with Crippen molar-refractivity contribution in [3.05, 3.63) is 0 Å². The van der Waals surface area contributed by atoms with Crippen LogP contribution >= 0.6 is 0 Å². The molecule has 21 heavy (non-hydrogen) atoms. The van der Waals surface area contributed by atoms with Gasteiger partial charge in [0, 0.05) is 25.0 Å².